The molecule has 4 aliphatic rings. The number of rotatable bonds is 3. The Morgan fingerprint density at radius 3 is 2.06 bits per heavy atom. The van der Waals surface area contributed by atoms with E-state index in [4.69, 9.17) is 4.74 Å². The van der Waals surface area contributed by atoms with Gasteiger partial charge < -0.3 is 10.1 Å². The molecule has 18 heavy (non-hydrogen) atoms. The zero-order chi connectivity index (χ0) is 12.8. The Morgan fingerprint density at radius 1 is 1.11 bits per heavy atom. The summed E-state index contributed by atoms with van der Waals surface area (Å²) in [6.45, 7) is 1.43. The molecule has 4 rings (SSSR count). The van der Waals surface area contributed by atoms with E-state index in [2.05, 4.69) is 5.32 Å². The van der Waals surface area contributed by atoms with Crippen molar-refractivity contribution in [2.24, 2.45) is 17.8 Å². The van der Waals surface area contributed by atoms with Crippen molar-refractivity contribution in [3.05, 3.63) is 0 Å². The maximum Gasteiger partial charge on any atom is 0.325 e. The zero-order valence-corrected chi connectivity index (χ0v) is 10.9. The highest BCUT2D eigenvalue weighted by atomic mass is 16.6. The number of esters is 1. The van der Waals surface area contributed by atoms with Gasteiger partial charge in [0.15, 0.2) is 0 Å². The van der Waals surface area contributed by atoms with Crippen molar-refractivity contribution >= 4 is 11.9 Å². The first-order valence-corrected chi connectivity index (χ1v) is 7.01. The molecule has 0 unspecified atom stereocenters. The Hall–Kier alpha value is -1.06. The summed E-state index contributed by atoms with van der Waals surface area (Å²) in [6, 6.07) is 0. The molecule has 4 fully saturated rings. The van der Waals surface area contributed by atoms with E-state index in [9.17, 15) is 9.59 Å². The second-order valence-corrected chi connectivity index (χ2v) is 6.48. The van der Waals surface area contributed by atoms with Gasteiger partial charge in [-0.3, -0.25) is 9.59 Å². The number of hydrogen-bond donors (Lipinski definition) is 1. The summed E-state index contributed by atoms with van der Waals surface area (Å²) in [5.74, 6) is 1.85. The number of carbonyl (C=O) groups excluding carboxylic acids is 2. The van der Waals surface area contributed by atoms with Gasteiger partial charge >= 0.3 is 5.97 Å². The van der Waals surface area contributed by atoms with Crippen LogP contribution in [0.4, 0.5) is 0 Å². The van der Waals surface area contributed by atoms with E-state index in [0.717, 1.165) is 37.0 Å². The van der Waals surface area contributed by atoms with Crippen LogP contribution in [0.2, 0.25) is 0 Å². The van der Waals surface area contributed by atoms with E-state index < -0.39 is 0 Å². The fraction of sp³-hybridized carbons (Fsp3) is 0.857. The molecule has 1 amide bonds. The first-order chi connectivity index (χ1) is 8.55. The third-order valence-electron chi connectivity index (χ3n) is 4.79. The van der Waals surface area contributed by atoms with Crippen molar-refractivity contribution in [3.8, 4) is 0 Å². The predicted octanol–water partition coefficient (Wildman–Crippen LogP) is 1.63. The summed E-state index contributed by atoms with van der Waals surface area (Å²) in [7, 11) is 0. The Morgan fingerprint density at radius 2 is 1.61 bits per heavy atom. The summed E-state index contributed by atoms with van der Waals surface area (Å²) in [5, 5.41) is 2.51. The minimum Gasteiger partial charge on any atom is -0.458 e. The van der Waals surface area contributed by atoms with Gasteiger partial charge in [-0.05, 0) is 56.3 Å². The minimum atomic E-state index is -0.271. The molecular formula is C14H21NO3. The molecule has 100 valence electrons. The molecule has 0 aromatic rings. The van der Waals surface area contributed by atoms with Crippen LogP contribution in [0.25, 0.3) is 0 Å². The molecule has 0 aromatic carbocycles. The highest BCUT2D eigenvalue weighted by Crippen LogP contribution is 2.57. The average Bonchev–Trinajstić information content (AvgIpc) is 2.23. The van der Waals surface area contributed by atoms with Gasteiger partial charge in [-0.2, -0.15) is 0 Å². The van der Waals surface area contributed by atoms with Gasteiger partial charge in [-0.25, -0.2) is 0 Å². The van der Waals surface area contributed by atoms with E-state index in [-0.39, 0.29) is 24.0 Å². The van der Waals surface area contributed by atoms with Crippen molar-refractivity contribution in [2.45, 2.75) is 51.0 Å². The molecule has 0 radical (unpaired) electrons. The molecule has 0 atom stereocenters. The van der Waals surface area contributed by atoms with Gasteiger partial charge in [0.2, 0.25) is 5.91 Å². The van der Waals surface area contributed by atoms with Gasteiger partial charge in [0.25, 0.3) is 0 Å². The second kappa shape index (κ2) is 4.25. The van der Waals surface area contributed by atoms with Crippen LogP contribution < -0.4 is 5.32 Å². The SMILES string of the molecule is CC(=O)NCC(=O)OC12CC3CC(CC(C3)C1)C2. The Labute approximate surface area is 107 Å². The fourth-order valence-electron chi connectivity index (χ4n) is 4.63. The summed E-state index contributed by atoms with van der Waals surface area (Å²) in [4.78, 5) is 22.6. The molecule has 0 heterocycles. The molecule has 0 aliphatic heterocycles. The van der Waals surface area contributed by atoms with E-state index in [0.29, 0.717) is 0 Å². The van der Waals surface area contributed by atoms with Gasteiger partial charge in [-0.1, -0.05) is 0 Å². The van der Waals surface area contributed by atoms with Crippen LogP contribution in [0.5, 0.6) is 0 Å². The van der Waals surface area contributed by atoms with Gasteiger partial charge in [-0.15, -0.1) is 0 Å². The molecule has 4 saturated carbocycles. The Bertz CT molecular complexity index is 342. The molecule has 0 aromatic heterocycles. The predicted molar refractivity (Wildman–Crippen MR) is 65.7 cm³/mol. The van der Waals surface area contributed by atoms with Crippen LogP contribution in [-0.2, 0) is 14.3 Å². The third-order valence-corrected chi connectivity index (χ3v) is 4.79. The van der Waals surface area contributed by atoms with Crippen LogP contribution in [-0.4, -0.2) is 24.0 Å². The molecule has 1 N–H and O–H groups in total. The molecule has 0 saturated heterocycles. The van der Waals surface area contributed by atoms with Crippen molar-refractivity contribution in [1.82, 2.24) is 5.32 Å². The molecule has 4 bridgehead atoms. The second-order valence-electron chi connectivity index (χ2n) is 6.48. The highest BCUT2D eigenvalue weighted by molar-refractivity contribution is 5.80. The lowest BCUT2D eigenvalue weighted by atomic mass is 9.54. The van der Waals surface area contributed by atoms with Crippen LogP contribution in [0.1, 0.15) is 45.4 Å². The minimum absolute atomic E-state index is 0.0110. The smallest absolute Gasteiger partial charge is 0.325 e. The quantitative estimate of drug-likeness (QED) is 0.776. The van der Waals surface area contributed by atoms with Crippen LogP contribution in [0, 0.1) is 17.8 Å². The van der Waals surface area contributed by atoms with Gasteiger partial charge in [0.1, 0.15) is 12.1 Å². The van der Waals surface area contributed by atoms with E-state index >= 15 is 0 Å². The lowest BCUT2D eigenvalue weighted by Crippen LogP contribution is -2.53. The first kappa shape index (κ1) is 12.0. The van der Waals surface area contributed by atoms with Crippen molar-refractivity contribution < 1.29 is 14.3 Å². The topological polar surface area (TPSA) is 55.4 Å². The lowest BCUT2D eigenvalue weighted by Gasteiger charge is -2.55. The third kappa shape index (κ3) is 2.25. The Balaban J connectivity index is 1.61. The van der Waals surface area contributed by atoms with Gasteiger partial charge in [0.05, 0.1) is 0 Å². The van der Waals surface area contributed by atoms with E-state index in [1.54, 1.807) is 0 Å². The van der Waals surface area contributed by atoms with E-state index in [1.165, 1.54) is 26.2 Å². The maximum absolute atomic E-state index is 11.8. The maximum atomic E-state index is 11.8. The van der Waals surface area contributed by atoms with Crippen LogP contribution in [0.15, 0.2) is 0 Å². The Kier molecular flexibility index (Phi) is 2.83. The summed E-state index contributed by atoms with van der Waals surface area (Å²) < 4.78 is 5.75. The largest absolute Gasteiger partial charge is 0.458 e. The van der Waals surface area contributed by atoms with Gasteiger partial charge in [0, 0.05) is 6.92 Å². The zero-order valence-electron chi connectivity index (χ0n) is 10.9. The first-order valence-electron chi connectivity index (χ1n) is 7.01. The molecule has 4 aliphatic carbocycles. The normalized spacial score (nSPS) is 40.6. The van der Waals surface area contributed by atoms with Crippen molar-refractivity contribution in [3.63, 3.8) is 0 Å². The average molecular weight is 251 g/mol. The van der Waals surface area contributed by atoms with Crippen molar-refractivity contribution in [2.75, 3.05) is 6.54 Å². The highest BCUT2D eigenvalue weighted by Gasteiger charge is 2.53. The number of nitrogens with one attached hydrogen (secondary N) is 1. The van der Waals surface area contributed by atoms with Crippen LogP contribution >= 0.6 is 0 Å². The van der Waals surface area contributed by atoms with Crippen LogP contribution in [0.3, 0.4) is 0 Å². The summed E-state index contributed by atoms with van der Waals surface area (Å²) in [5.41, 5.74) is -0.190. The fourth-order valence-corrected chi connectivity index (χ4v) is 4.63. The number of hydrogen-bond acceptors (Lipinski definition) is 3. The lowest BCUT2D eigenvalue weighted by molar-refractivity contribution is -0.185. The number of amides is 1. The molecular weight excluding hydrogens is 230 g/mol. The van der Waals surface area contributed by atoms with Crippen molar-refractivity contribution in [1.29, 1.82) is 0 Å². The molecule has 4 nitrogen and oxygen atoms in total. The molecule has 4 heteroatoms. The number of ether oxygens (including phenoxy) is 1. The standard InChI is InChI=1S/C14H21NO3/c1-9(16)15-8-13(17)18-14-5-10-2-11(6-14)4-12(3-10)7-14/h10-12H,2-8H2,1H3,(H,15,16). The monoisotopic (exact) mass is 251 g/mol. The summed E-state index contributed by atoms with van der Waals surface area (Å²) >= 11 is 0. The summed E-state index contributed by atoms with van der Waals surface area (Å²) in [6.07, 6.45) is 7.15. The van der Waals surface area contributed by atoms with E-state index in [1.807, 2.05) is 0 Å². The molecule has 0 spiro atoms. The number of carbonyl (C=O) groups is 2.